The molecule has 1 aliphatic carbocycles. The highest BCUT2D eigenvalue weighted by molar-refractivity contribution is 5.16. The molecule has 3 aromatic rings. The summed E-state index contributed by atoms with van der Waals surface area (Å²) in [5.41, 5.74) is 2.74. The summed E-state index contributed by atoms with van der Waals surface area (Å²) < 4.78 is 17.9. The molecule has 174 valence electrons. The van der Waals surface area contributed by atoms with Gasteiger partial charge in [0.15, 0.2) is 0 Å². The van der Waals surface area contributed by atoms with Gasteiger partial charge in [0.05, 0.1) is 19.8 Å². The van der Waals surface area contributed by atoms with Crippen LogP contribution in [-0.2, 0) is 34.0 Å². The molecule has 0 bridgehead atoms. The van der Waals surface area contributed by atoms with E-state index in [9.17, 15) is 15.3 Å². The van der Waals surface area contributed by atoms with Crippen LogP contribution in [0.15, 0.2) is 91.0 Å². The summed E-state index contributed by atoms with van der Waals surface area (Å²) in [5, 5.41) is 32.8. The summed E-state index contributed by atoms with van der Waals surface area (Å²) >= 11 is 0. The predicted molar refractivity (Wildman–Crippen MR) is 123 cm³/mol. The predicted octanol–water partition coefficient (Wildman–Crippen LogP) is 2.84. The van der Waals surface area contributed by atoms with E-state index < -0.39 is 36.6 Å². The Morgan fingerprint density at radius 1 is 0.424 bits per heavy atom. The van der Waals surface area contributed by atoms with E-state index in [0.717, 1.165) is 16.7 Å². The van der Waals surface area contributed by atoms with Crippen molar-refractivity contribution < 1.29 is 29.5 Å². The maximum Gasteiger partial charge on any atom is 0.115 e. The highest BCUT2D eigenvalue weighted by Gasteiger charge is 2.51. The number of rotatable bonds is 9. The first-order valence-corrected chi connectivity index (χ1v) is 11.1. The minimum Gasteiger partial charge on any atom is -0.387 e. The Balaban J connectivity index is 1.49. The van der Waals surface area contributed by atoms with Crippen molar-refractivity contribution in [3.8, 4) is 0 Å². The third kappa shape index (κ3) is 6.06. The molecule has 0 saturated heterocycles. The van der Waals surface area contributed by atoms with Crippen molar-refractivity contribution >= 4 is 0 Å². The van der Waals surface area contributed by atoms with Crippen LogP contribution in [0.4, 0.5) is 0 Å². The summed E-state index contributed by atoms with van der Waals surface area (Å²) in [7, 11) is 0. The Morgan fingerprint density at radius 3 is 1.12 bits per heavy atom. The Labute approximate surface area is 194 Å². The van der Waals surface area contributed by atoms with E-state index in [1.807, 2.05) is 91.0 Å². The van der Waals surface area contributed by atoms with E-state index in [1.54, 1.807) is 0 Å². The molecule has 0 aliphatic heterocycles. The fraction of sp³-hybridized carbons (Fsp3) is 0.333. The lowest BCUT2D eigenvalue weighted by Gasteiger charge is -2.45. The van der Waals surface area contributed by atoms with E-state index in [0.29, 0.717) is 0 Å². The molecular formula is C27H30O6. The monoisotopic (exact) mass is 450 g/mol. The number of hydrogen-bond donors (Lipinski definition) is 3. The molecule has 0 heterocycles. The molecule has 3 N–H and O–H groups in total. The second-order valence-electron chi connectivity index (χ2n) is 8.26. The smallest absolute Gasteiger partial charge is 0.115 e. The second-order valence-corrected chi connectivity index (χ2v) is 8.26. The zero-order valence-electron chi connectivity index (χ0n) is 18.3. The molecule has 0 amide bonds. The molecule has 1 fully saturated rings. The minimum absolute atomic E-state index is 0.188. The van der Waals surface area contributed by atoms with Gasteiger partial charge < -0.3 is 29.5 Å². The summed E-state index contributed by atoms with van der Waals surface area (Å²) in [4.78, 5) is 0. The summed E-state index contributed by atoms with van der Waals surface area (Å²) in [6.07, 6.45) is -6.68. The first kappa shape index (κ1) is 23.6. The van der Waals surface area contributed by atoms with Crippen LogP contribution in [0.1, 0.15) is 16.7 Å². The lowest BCUT2D eigenvalue weighted by atomic mass is 9.84. The van der Waals surface area contributed by atoms with Gasteiger partial charge in [-0.05, 0) is 16.7 Å². The van der Waals surface area contributed by atoms with Crippen LogP contribution in [0.25, 0.3) is 0 Å². The van der Waals surface area contributed by atoms with Crippen molar-refractivity contribution in [2.75, 3.05) is 0 Å². The summed E-state index contributed by atoms with van der Waals surface area (Å²) in [6, 6.07) is 28.6. The molecule has 6 heteroatoms. The summed E-state index contributed by atoms with van der Waals surface area (Å²) in [5.74, 6) is 0. The molecular weight excluding hydrogens is 420 g/mol. The lowest BCUT2D eigenvalue weighted by molar-refractivity contribution is -0.262. The normalized spacial score (nSPS) is 27.4. The number of benzene rings is 3. The number of ether oxygens (including phenoxy) is 3. The SMILES string of the molecule is O[C@@H]1[C@@H](OCc2ccccc2)[C@@H](O)[C@H](O)[C@H](OCc2ccccc2)[C@@H]1OCc1ccccc1. The van der Waals surface area contributed by atoms with Gasteiger partial charge in [-0.25, -0.2) is 0 Å². The van der Waals surface area contributed by atoms with E-state index in [-0.39, 0.29) is 19.8 Å². The van der Waals surface area contributed by atoms with E-state index in [4.69, 9.17) is 14.2 Å². The molecule has 33 heavy (non-hydrogen) atoms. The van der Waals surface area contributed by atoms with Crippen molar-refractivity contribution in [2.45, 2.75) is 56.4 Å². The van der Waals surface area contributed by atoms with Gasteiger partial charge in [0.2, 0.25) is 0 Å². The van der Waals surface area contributed by atoms with Crippen LogP contribution in [0.3, 0.4) is 0 Å². The Kier molecular flexibility index (Phi) is 8.23. The van der Waals surface area contributed by atoms with Gasteiger partial charge in [-0.3, -0.25) is 0 Å². The Morgan fingerprint density at radius 2 is 0.727 bits per heavy atom. The van der Waals surface area contributed by atoms with Crippen LogP contribution in [-0.4, -0.2) is 51.9 Å². The van der Waals surface area contributed by atoms with Gasteiger partial charge in [-0.1, -0.05) is 91.0 Å². The van der Waals surface area contributed by atoms with Gasteiger partial charge in [-0.15, -0.1) is 0 Å². The Bertz CT molecular complexity index is 952. The number of aliphatic hydroxyl groups excluding tert-OH is 3. The molecule has 6 atom stereocenters. The topological polar surface area (TPSA) is 88.4 Å². The van der Waals surface area contributed by atoms with Crippen LogP contribution in [0.5, 0.6) is 0 Å². The second kappa shape index (κ2) is 11.5. The third-order valence-corrected chi connectivity index (χ3v) is 5.88. The van der Waals surface area contributed by atoms with Crippen molar-refractivity contribution in [1.29, 1.82) is 0 Å². The van der Waals surface area contributed by atoms with Crippen LogP contribution in [0, 0.1) is 0 Å². The van der Waals surface area contributed by atoms with Gasteiger partial charge in [0, 0.05) is 0 Å². The van der Waals surface area contributed by atoms with Crippen molar-refractivity contribution in [2.24, 2.45) is 0 Å². The van der Waals surface area contributed by atoms with Crippen molar-refractivity contribution in [3.63, 3.8) is 0 Å². The van der Waals surface area contributed by atoms with Gasteiger partial charge in [-0.2, -0.15) is 0 Å². The average Bonchev–Trinajstić information content (AvgIpc) is 2.86. The minimum atomic E-state index is -1.33. The molecule has 1 aliphatic rings. The average molecular weight is 451 g/mol. The maximum atomic E-state index is 11.1. The maximum absolute atomic E-state index is 11.1. The first-order valence-electron chi connectivity index (χ1n) is 11.1. The van der Waals surface area contributed by atoms with Crippen LogP contribution >= 0.6 is 0 Å². The van der Waals surface area contributed by atoms with E-state index >= 15 is 0 Å². The molecule has 4 rings (SSSR count). The fourth-order valence-electron chi connectivity index (χ4n) is 4.05. The highest BCUT2D eigenvalue weighted by Crippen LogP contribution is 2.30. The molecule has 3 aromatic carbocycles. The molecule has 1 saturated carbocycles. The van der Waals surface area contributed by atoms with Gasteiger partial charge >= 0.3 is 0 Å². The molecule has 6 nitrogen and oxygen atoms in total. The van der Waals surface area contributed by atoms with Gasteiger partial charge in [0.25, 0.3) is 0 Å². The summed E-state index contributed by atoms with van der Waals surface area (Å²) in [6.45, 7) is 0.623. The lowest BCUT2D eigenvalue weighted by Crippen LogP contribution is -2.65. The third-order valence-electron chi connectivity index (χ3n) is 5.88. The molecule has 0 spiro atoms. The van der Waals surface area contributed by atoms with E-state index in [2.05, 4.69) is 0 Å². The standard InChI is InChI=1S/C27H30O6/c28-22-23(29)26(32-17-20-12-6-2-7-13-20)27(33-18-21-14-8-3-9-15-21)24(30)25(22)31-16-19-10-4-1-5-11-19/h1-15,22-30H,16-18H2/t22-,23-,24+,25-,26-,27+/m0/s1. The zero-order valence-corrected chi connectivity index (χ0v) is 18.3. The number of hydrogen-bond acceptors (Lipinski definition) is 6. The van der Waals surface area contributed by atoms with Crippen molar-refractivity contribution in [3.05, 3.63) is 108 Å². The molecule has 0 unspecified atom stereocenters. The number of aliphatic hydroxyl groups is 3. The van der Waals surface area contributed by atoms with Crippen molar-refractivity contribution in [1.82, 2.24) is 0 Å². The largest absolute Gasteiger partial charge is 0.387 e. The van der Waals surface area contributed by atoms with Crippen LogP contribution < -0.4 is 0 Å². The van der Waals surface area contributed by atoms with E-state index in [1.165, 1.54) is 0 Å². The molecule has 0 radical (unpaired) electrons. The quantitative estimate of drug-likeness (QED) is 0.465. The first-order chi connectivity index (χ1) is 16.1. The van der Waals surface area contributed by atoms with Crippen LogP contribution in [0.2, 0.25) is 0 Å². The molecule has 0 aromatic heterocycles. The zero-order chi connectivity index (χ0) is 23.0. The van der Waals surface area contributed by atoms with Gasteiger partial charge in [0.1, 0.15) is 36.6 Å². The Hall–Kier alpha value is -2.58. The fourth-order valence-corrected chi connectivity index (χ4v) is 4.05. The highest BCUT2D eigenvalue weighted by atomic mass is 16.6.